The fourth-order valence-corrected chi connectivity index (χ4v) is 2.38. The van der Waals surface area contributed by atoms with E-state index in [4.69, 9.17) is 11.6 Å². The number of hydrogen-bond donors (Lipinski definition) is 1. The lowest BCUT2D eigenvalue weighted by molar-refractivity contribution is 0.0947. The van der Waals surface area contributed by atoms with Gasteiger partial charge in [-0.05, 0) is 23.8 Å². The molecule has 1 amide bonds. The normalized spacial score (nSPS) is 10.8. The van der Waals surface area contributed by atoms with Gasteiger partial charge in [0.25, 0.3) is 5.91 Å². The molecule has 3 aromatic rings. The third-order valence-corrected chi connectivity index (χ3v) is 3.59. The van der Waals surface area contributed by atoms with Crippen LogP contribution in [-0.4, -0.2) is 15.7 Å². The molecule has 0 aliphatic carbocycles. The van der Waals surface area contributed by atoms with Crippen LogP contribution in [0.3, 0.4) is 0 Å². The summed E-state index contributed by atoms with van der Waals surface area (Å²) in [5.74, 6) is -0.179. The number of hydrogen-bond acceptors (Lipinski definition) is 2. The van der Waals surface area contributed by atoms with Crippen LogP contribution in [0.2, 0.25) is 5.02 Å². The fourth-order valence-electron chi connectivity index (χ4n) is 2.25. The first-order valence-corrected chi connectivity index (χ1v) is 6.97. The Morgan fingerprint density at radius 3 is 2.67 bits per heavy atom. The minimum absolute atomic E-state index is 0.179. The number of aryl methyl sites for hydroxylation is 1. The van der Waals surface area contributed by atoms with Crippen molar-refractivity contribution in [3.05, 3.63) is 64.8 Å². The maximum Gasteiger partial charge on any atom is 0.272 e. The van der Waals surface area contributed by atoms with Crippen molar-refractivity contribution in [1.29, 1.82) is 0 Å². The molecule has 1 heterocycles. The number of aromatic nitrogens is 2. The quantitative estimate of drug-likeness (QED) is 0.807. The molecule has 4 nitrogen and oxygen atoms in total. The topological polar surface area (TPSA) is 46.9 Å². The highest BCUT2D eigenvalue weighted by atomic mass is 35.5. The number of rotatable bonds is 3. The van der Waals surface area contributed by atoms with Crippen molar-refractivity contribution in [2.24, 2.45) is 7.05 Å². The molecule has 0 atom stereocenters. The van der Waals surface area contributed by atoms with Crippen LogP contribution in [0.5, 0.6) is 0 Å². The standard InChI is InChI=1S/C16H14ClN3O/c1-20-14-5-3-2-4-13(14)15(19-20)16(21)18-10-11-6-8-12(17)9-7-11/h2-9H,10H2,1H3,(H,18,21). The lowest BCUT2D eigenvalue weighted by Gasteiger charge is -2.04. The third-order valence-electron chi connectivity index (χ3n) is 3.34. The Hall–Kier alpha value is -2.33. The largest absolute Gasteiger partial charge is 0.347 e. The molecular weight excluding hydrogens is 286 g/mol. The van der Waals surface area contributed by atoms with Gasteiger partial charge in [-0.15, -0.1) is 0 Å². The summed E-state index contributed by atoms with van der Waals surface area (Å²) in [4.78, 5) is 12.3. The predicted octanol–water partition coefficient (Wildman–Crippen LogP) is 3.16. The van der Waals surface area contributed by atoms with Crippen molar-refractivity contribution in [3.63, 3.8) is 0 Å². The monoisotopic (exact) mass is 299 g/mol. The van der Waals surface area contributed by atoms with Crippen molar-refractivity contribution in [2.75, 3.05) is 0 Å². The summed E-state index contributed by atoms with van der Waals surface area (Å²) >= 11 is 5.84. The Bertz CT molecular complexity index is 793. The highest BCUT2D eigenvalue weighted by molar-refractivity contribution is 6.30. The van der Waals surface area contributed by atoms with Crippen LogP contribution in [0.4, 0.5) is 0 Å². The summed E-state index contributed by atoms with van der Waals surface area (Å²) in [6.07, 6.45) is 0. The van der Waals surface area contributed by atoms with Crippen LogP contribution in [0.15, 0.2) is 48.5 Å². The molecule has 1 aromatic heterocycles. The van der Waals surface area contributed by atoms with Gasteiger partial charge in [0.1, 0.15) is 0 Å². The predicted molar refractivity (Wildman–Crippen MR) is 83.3 cm³/mol. The lowest BCUT2D eigenvalue weighted by atomic mass is 10.2. The third kappa shape index (κ3) is 2.76. The van der Waals surface area contributed by atoms with E-state index in [-0.39, 0.29) is 5.91 Å². The minimum atomic E-state index is -0.179. The molecule has 0 spiro atoms. The summed E-state index contributed by atoms with van der Waals surface area (Å²) in [5, 5.41) is 8.72. The molecule has 1 N–H and O–H groups in total. The molecule has 0 aliphatic rings. The number of benzene rings is 2. The first kappa shape index (κ1) is 13.6. The fraction of sp³-hybridized carbons (Fsp3) is 0.125. The van der Waals surface area contributed by atoms with Gasteiger partial charge in [0.15, 0.2) is 5.69 Å². The maximum absolute atomic E-state index is 12.3. The number of amides is 1. The van der Waals surface area contributed by atoms with Gasteiger partial charge in [-0.25, -0.2) is 0 Å². The molecule has 3 rings (SSSR count). The molecule has 0 bridgehead atoms. The van der Waals surface area contributed by atoms with Gasteiger partial charge in [0.2, 0.25) is 0 Å². The van der Waals surface area contributed by atoms with E-state index in [0.717, 1.165) is 16.5 Å². The van der Waals surface area contributed by atoms with Crippen molar-refractivity contribution < 1.29 is 4.79 Å². The molecular formula is C16H14ClN3O. The number of nitrogens with zero attached hydrogens (tertiary/aromatic N) is 2. The van der Waals surface area contributed by atoms with E-state index in [1.165, 1.54) is 0 Å². The number of carbonyl (C=O) groups excluding carboxylic acids is 1. The van der Waals surface area contributed by atoms with E-state index in [9.17, 15) is 4.79 Å². The highest BCUT2D eigenvalue weighted by Gasteiger charge is 2.15. The number of fused-ring (bicyclic) bond motifs is 1. The molecule has 5 heteroatoms. The average molecular weight is 300 g/mol. The van der Waals surface area contributed by atoms with Gasteiger partial charge >= 0.3 is 0 Å². The molecule has 0 unspecified atom stereocenters. The van der Waals surface area contributed by atoms with Gasteiger partial charge in [-0.2, -0.15) is 5.10 Å². The number of nitrogens with one attached hydrogen (secondary N) is 1. The first-order chi connectivity index (χ1) is 10.1. The molecule has 0 aliphatic heterocycles. The lowest BCUT2D eigenvalue weighted by Crippen LogP contribution is -2.23. The molecule has 21 heavy (non-hydrogen) atoms. The molecule has 106 valence electrons. The summed E-state index contributed by atoms with van der Waals surface area (Å²) < 4.78 is 1.71. The Labute approximate surface area is 127 Å². The second-order valence-electron chi connectivity index (χ2n) is 4.80. The number of para-hydroxylation sites is 1. The van der Waals surface area contributed by atoms with Gasteiger partial charge < -0.3 is 5.32 Å². The van der Waals surface area contributed by atoms with E-state index in [0.29, 0.717) is 17.3 Å². The van der Waals surface area contributed by atoms with Crippen LogP contribution < -0.4 is 5.32 Å². The van der Waals surface area contributed by atoms with Crippen molar-refractivity contribution in [1.82, 2.24) is 15.1 Å². The Kier molecular flexibility index (Phi) is 3.62. The zero-order valence-corrected chi connectivity index (χ0v) is 12.3. The zero-order chi connectivity index (χ0) is 14.8. The molecule has 0 radical (unpaired) electrons. The van der Waals surface area contributed by atoms with Crippen LogP contribution in [0.1, 0.15) is 16.1 Å². The summed E-state index contributed by atoms with van der Waals surface area (Å²) in [5.41, 5.74) is 2.38. The van der Waals surface area contributed by atoms with E-state index in [1.807, 2.05) is 43.4 Å². The Morgan fingerprint density at radius 2 is 1.90 bits per heavy atom. The van der Waals surface area contributed by atoms with Crippen LogP contribution in [0.25, 0.3) is 10.9 Å². The van der Waals surface area contributed by atoms with Crippen molar-refractivity contribution >= 4 is 28.4 Å². The number of carbonyl (C=O) groups is 1. The smallest absolute Gasteiger partial charge is 0.272 e. The summed E-state index contributed by atoms with van der Waals surface area (Å²) in [6.45, 7) is 0.445. The molecule has 0 saturated carbocycles. The zero-order valence-electron chi connectivity index (χ0n) is 11.5. The SMILES string of the molecule is Cn1nc(C(=O)NCc2ccc(Cl)cc2)c2ccccc21. The second kappa shape index (κ2) is 5.58. The van der Waals surface area contributed by atoms with Crippen molar-refractivity contribution in [2.45, 2.75) is 6.54 Å². The average Bonchev–Trinajstić information content (AvgIpc) is 2.84. The highest BCUT2D eigenvalue weighted by Crippen LogP contribution is 2.17. The van der Waals surface area contributed by atoms with E-state index in [2.05, 4.69) is 10.4 Å². The van der Waals surface area contributed by atoms with Crippen LogP contribution in [-0.2, 0) is 13.6 Å². The molecule has 0 saturated heterocycles. The van der Waals surface area contributed by atoms with E-state index >= 15 is 0 Å². The van der Waals surface area contributed by atoms with Crippen LogP contribution >= 0.6 is 11.6 Å². The maximum atomic E-state index is 12.3. The van der Waals surface area contributed by atoms with Crippen molar-refractivity contribution in [3.8, 4) is 0 Å². The second-order valence-corrected chi connectivity index (χ2v) is 5.23. The van der Waals surface area contributed by atoms with Gasteiger partial charge in [0, 0.05) is 24.0 Å². The Balaban J connectivity index is 1.79. The van der Waals surface area contributed by atoms with E-state index in [1.54, 1.807) is 16.8 Å². The Morgan fingerprint density at radius 1 is 1.19 bits per heavy atom. The van der Waals surface area contributed by atoms with Gasteiger partial charge in [0.05, 0.1) is 5.52 Å². The summed E-state index contributed by atoms with van der Waals surface area (Å²) in [7, 11) is 1.83. The van der Waals surface area contributed by atoms with Crippen LogP contribution in [0, 0.1) is 0 Å². The summed E-state index contributed by atoms with van der Waals surface area (Å²) in [6, 6.07) is 15.1. The van der Waals surface area contributed by atoms with Gasteiger partial charge in [-0.3, -0.25) is 9.48 Å². The minimum Gasteiger partial charge on any atom is -0.347 e. The number of halogens is 1. The molecule has 0 fully saturated rings. The van der Waals surface area contributed by atoms with E-state index < -0.39 is 0 Å². The first-order valence-electron chi connectivity index (χ1n) is 6.59. The molecule has 2 aromatic carbocycles. The van der Waals surface area contributed by atoms with Gasteiger partial charge in [-0.1, -0.05) is 41.9 Å².